The molecule has 0 aliphatic carbocycles. The van der Waals surface area contributed by atoms with E-state index >= 15 is 0 Å². The third kappa shape index (κ3) is 3.03. The summed E-state index contributed by atoms with van der Waals surface area (Å²) in [7, 11) is 0. The van der Waals surface area contributed by atoms with Gasteiger partial charge in [0.05, 0.1) is 16.0 Å². The first-order valence-electron chi connectivity index (χ1n) is 7.01. The highest BCUT2D eigenvalue weighted by atomic mass is 16.6. The second kappa shape index (κ2) is 5.88. The number of aromatic nitrogens is 2. The van der Waals surface area contributed by atoms with Gasteiger partial charge in [-0.15, -0.1) is 0 Å². The largest absolute Gasteiger partial charge is 0.324 e. The predicted molar refractivity (Wildman–Crippen MR) is 86.2 cm³/mol. The van der Waals surface area contributed by atoms with Crippen LogP contribution in [-0.2, 0) is 11.3 Å². The Bertz CT molecular complexity index is 901. The van der Waals surface area contributed by atoms with Gasteiger partial charge in [-0.2, -0.15) is 0 Å². The molecule has 0 fully saturated rings. The minimum absolute atomic E-state index is 0.0629. The lowest BCUT2D eigenvalue weighted by Crippen LogP contribution is -2.19. The summed E-state index contributed by atoms with van der Waals surface area (Å²) < 4.78 is 1.81. The van der Waals surface area contributed by atoms with Crippen LogP contribution in [0.15, 0.2) is 48.5 Å². The van der Waals surface area contributed by atoms with Gasteiger partial charge < -0.3 is 9.88 Å². The zero-order valence-corrected chi connectivity index (χ0v) is 12.4. The number of aryl methyl sites for hydroxylation is 1. The maximum absolute atomic E-state index is 12.2. The molecule has 1 N–H and O–H groups in total. The lowest BCUT2D eigenvalue weighted by atomic mass is 10.3. The second-order valence-corrected chi connectivity index (χ2v) is 5.09. The van der Waals surface area contributed by atoms with Crippen LogP contribution in [-0.4, -0.2) is 20.4 Å². The van der Waals surface area contributed by atoms with Gasteiger partial charge in [-0.3, -0.25) is 14.9 Å². The Morgan fingerprint density at radius 1 is 1.26 bits per heavy atom. The van der Waals surface area contributed by atoms with E-state index < -0.39 is 4.92 Å². The Morgan fingerprint density at radius 3 is 2.83 bits per heavy atom. The molecule has 7 nitrogen and oxygen atoms in total. The van der Waals surface area contributed by atoms with Gasteiger partial charge >= 0.3 is 0 Å². The molecule has 23 heavy (non-hydrogen) atoms. The zero-order valence-electron chi connectivity index (χ0n) is 12.4. The minimum Gasteiger partial charge on any atom is -0.324 e. The fourth-order valence-corrected chi connectivity index (χ4v) is 2.44. The predicted octanol–water partition coefficient (Wildman–Crippen LogP) is 2.89. The minimum atomic E-state index is -0.497. The zero-order chi connectivity index (χ0) is 16.4. The number of hydrogen-bond acceptors (Lipinski definition) is 4. The summed E-state index contributed by atoms with van der Waals surface area (Å²) in [6.45, 7) is 1.93. The standard InChI is InChI=1S/C16H14N4O3/c1-11-17-14-7-2-3-8-15(14)19(11)10-16(21)18-12-5-4-6-13(9-12)20(22)23/h2-9H,10H2,1H3,(H,18,21). The molecule has 0 saturated carbocycles. The van der Waals surface area contributed by atoms with E-state index in [1.165, 1.54) is 18.2 Å². The van der Waals surface area contributed by atoms with E-state index in [0.29, 0.717) is 5.69 Å². The van der Waals surface area contributed by atoms with Crippen molar-refractivity contribution in [3.05, 3.63) is 64.5 Å². The molecule has 1 aromatic heterocycles. The third-order valence-electron chi connectivity index (χ3n) is 3.49. The number of rotatable bonds is 4. The number of imidazole rings is 1. The molecule has 1 amide bonds. The number of carbonyl (C=O) groups excluding carboxylic acids is 1. The van der Waals surface area contributed by atoms with Crippen LogP contribution in [0.1, 0.15) is 5.82 Å². The first kappa shape index (κ1) is 14.7. The first-order chi connectivity index (χ1) is 11.0. The van der Waals surface area contributed by atoms with Gasteiger partial charge in [0.25, 0.3) is 5.69 Å². The molecule has 0 aliphatic rings. The van der Waals surface area contributed by atoms with Crippen LogP contribution in [0.3, 0.4) is 0 Å². The number of non-ortho nitro benzene ring substituents is 1. The summed E-state index contributed by atoms with van der Waals surface area (Å²) in [5.41, 5.74) is 2.03. The van der Waals surface area contributed by atoms with E-state index in [1.807, 2.05) is 35.8 Å². The summed E-state index contributed by atoms with van der Waals surface area (Å²) in [6, 6.07) is 13.4. The quantitative estimate of drug-likeness (QED) is 0.592. The highest BCUT2D eigenvalue weighted by Crippen LogP contribution is 2.18. The molecule has 2 aromatic carbocycles. The number of anilines is 1. The maximum atomic E-state index is 12.2. The van der Waals surface area contributed by atoms with Gasteiger partial charge in [-0.05, 0) is 25.1 Å². The smallest absolute Gasteiger partial charge is 0.271 e. The molecule has 0 bridgehead atoms. The molecule has 7 heteroatoms. The Labute approximate surface area is 131 Å². The van der Waals surface area contributed by atoms with Crippen LogP contribution in [0, 0.1) is 17.0 Å². The van der Waals surface area contributed by atoms with Crippen LogP contribution in [0.25, 0.3) is 11.0 Å². The lowest BCUT2D eigenvalue weighted by molar-refractivity contribution is -0.384. The molecule has 1 heterocycles. The highest BCUT2D eigenvalue weighted by molar-refractivity contribution is 5.92. The highest BCUT2D eigenvalue weighted by Gasteiger charge is 2.12. The monoisotopic (exact) mass is 310 g/mol. The number of benzene rings is 2. The average Bonchev–Trinajstić information content (AvgIpc) is 2.83. The second-order valence-electron chi connectivity index (χ2n) is 5.09. The van der Waals surface area contributed by atoms with Crippen molar-refractivity contribution >= 4 is 28.3 Å². The summed E-state index contributed by atoms with van der Waals surface area (Å²) in [6.07, 6.45) is 0. The topological polar surface area (TPSA) is 90.1 Å². The van der Waals surface area contributed by atoms with Crippen molar-refractivity contribution in [1.29, 1.82) is 0 Å². The number of carbonyl (C=O) groups is 1. The van der Waals surface area contributed by atoms with Crippen LogP contribution >= 0.6 is 0 Å². The molecule has 3 rings (SSSR count). The van der Waals surface area contributed by atoms with Crippen molar-refractivity contribution in [2.75, 3.05) is 5.32 Å². The van der Waals surface area contributed by atoms with Crippen molar-refractivity contribution < 1.29 is 9.72 Å². The van der Waals surface area contributed by atoms with Crippen molar-refractivity contribution in [1.82, 2.24) is 9.55 Å². The van der Waals surface area contributed by atoms with Crippen molar-refractivity contribution in [3.8, 4) is 0 Å². The molecule has 0 aliphatic heterocycles. The van der Waals surface area contributed by atoms with Crippen LogP contribution in [0.2, 0.25) is 0 Å². The van der Waals surface area contributed by atoms with E-state index in [1.54, 1.807) is 6.07 Å². The first-order valence-corrected chi connectivity index (χ1v) is 7.01. The van der Waals surface area contributed by atoms with Gasteiger partial charge in [0, 0.05) is 17.8 Å². The van der Waals surface area contributed by atoms with Gasteiger partial charge in [0.15, 0.2) is 0 Å². The molecule has 116 valence electrons. The van der Waals surface area contributed by atoms with Crippen LogP contribution in [0.5, 0.6) is 0 Å². The summed E-state index contributed by atoms with van der Waals surface area (Å²) in [5, 5.41) is 13.4. The fraction of sp³-hybridized carbons (Fsp3) is 0.125. The number of hydrogen-bond donors (Lipinski definition) is 1. The number of para-hydroxylation sites is 2. The average molecular weight is 310 g/mol. The van der Waals surface area contributed by atoms with Crippen LogP contribution < -0.4 is 5.32 Å². The molecule has 0 atom stereocenters. The molecular weight excluding hydrogens is 296 g/mol. The van der Waals surface area contributed by atoms with E-state index in [-0.39, 0.29) is 18.1 Å². The molecule has 0 unspecified atom stereocenters. The summed E-state index contributed by atoms with van der Waals surface area (Å²) >= 11 is 0. The number of amides is 1. The molecule has 0 saturated heterocycles. The fourth-order valence-electron chi connectivity index (χ4n) is 2.44. The number of fused-ring (bicyclic) bond motifs is 1. The van der Waals surface area contributed by atoms with Gasteiger partial charge in [0.1, 0.15) is 12.4 Å². The number of nitrogens with one attached hydrogen (secondary N) is 1. The maximum Gasteiger partial charge on any atom is 0.271 e. The summed E-state index contributed by atoms with van der Waals surface area (Å²) in [4.78, 5) is 26.9. The Balaban J connectivity index is 1.80. The van der Waals surface area contributed by atoms with E-state index in [0.717, 1.165) is 16.9 Å². The Hall–Kier alpha value is -3.22. The third-order valence-corrected chi connectivity index (χ3v) is 3.49. The number of nitrogens with zero attached hydrogens (tertiary/aromatic N) is 3. The van der Waals surface area contributed by atoms with Gasteiger partial charge in [-0.1, -0.05) is 18.2 Å². The SMILES string of the molecule is Cc1nc2ccccc2n1CC(=O)Nc1cccc([N+](=O)[O-])c1. The Kier molecular flexibility index (Phi) is 3.76. The van der Waals surface area contributed by atoms with Gasteiger partial charge in [0.2, 0.25) is 5.91 Å². The van der Waals surface area contributed by atoms with Crippen molar-refractivity contribution in [2.45, 2.75) is 13.5 Å². The molecule has 3 aromatic rings. The number of nitro benzene ring substituents is 1. The van der Waals surface area contributed by atoms with Crippen molar-refractivity contribution in [2.24, 2.45) is 0 Å². The molecular formula is C16H14N4O3. The normalized spacial score (nSPS) is 10.7. The summed E-state index contributed by atoms with van der Waals surface area (Å²) in [5.74, 6) is 0.470. The van der Waals surface area contributed by atoms with E-state index in [2.05, 4.69) is 10.3 Å². The van der Waals surface area contributed by atoms with E-state index in [9.17, 15) is 14.9 Å². The molecule has 0 spiro atoms. The number of nitro groups is 1. The lowest BCUT2D eigenvalue weighted by Gasteiger charge is -2.08. The van der Waals surface area contributed by atoms with Crippen LogP contribution in [0.4, 0.5) is 11.4 Å². The van der Waals surface area contributed by atoms with E-state index in [4.69, 9.17) is 0 Å². The van der Waals surface area contributed by atoms with Crippen molar-refractivity contribution in [3.63, 3.8) is 0 Å². The van der Waals surface area contributed by atoms with Gasteiger partial charge in [-0.25, -0.2) is 4.98 Å². The Morgan fingerprint density at radius 2 is 2.04 bits per heavy atom. The molecule has 0 radical (unpaired) electrons.